The van der Waals surface area contributed by atoms with Crippen LogP contribution in [0.2, 0.25) is 0 Å². The summed E-state index contributed by atoms with van der Waals surface area (Å²) in [6, 6.07) is 4.99. The van der Waals surface area contributed by atoms with E-state index in [4.69, 9.17) is 0 Å². The van der Waals surface area contributed by atoms with Crippen LogP contribution in [0.3, 0.4) is 0 Å². The Labute approximate surface area is 173 Å². The van der Waals surface area contributed by atoms with Gasteiger partial charge in [-0.1, -0.05) is 12.1 Å². The first-order valence-corrected chi connectivity index (χ1v) is 10.00. The number of thiazole rings is 1. The fraction of sp³-hybridized carbons (Fsp3) is 0.316. The summed E-state index contributed by atoms with van der Waals surface area (Å²) < 4.78 is 55.9. The number of carbonyl (C=O) groups is 1. The number of anilines is 1. The van der Waals surface area contributed by atoms with E-state index in [9.17, 15) is 22.4 Å². The molecule has 1 fully saturated rings. The lowest BCUT2D eigenvalue weighted by Crippen LogP contribution is -2.49. The maximum Gasteiger partial charge on any atom is 0.434 e. The van der Waals surface area contributed by atoms with E-state index in [0.717, 1.165) is 23.1 Å². The van der Waals surface area contributed by atoms with Crippen LogP contribution >= 0.6 is 11.3 Å². The van der Waals surface area contributed by atoms with Gasteiger partial charge in [0.05, 0.1) is 17.5 Å². The van der Waals surface area contributed by atoms with E-state index < -0.39 is 29.2 Å². The first kappa shape index (κ1) is 20.3. The molecule has 30 heavy (non-hydrogen) atoms. The van der Waals surface area contributed by atoms with Crippen LogP contribution in [0.1, 0.15) is 21.7 Å². The van der Waals surface area contributed by atoms with Gasteiger partial charge in [0.25, 0.3) is 5.91 Å². The standard InChI is InChI=1S/C19H17F4N5OS/c1-12-11-30-18(25-12)27-8-6-26(7-9-27)17(29)13-10-24-28(16(13)19(21,22)23)15-5-3-2-4-14(15)20/h2-5,10-11H,6-9H2,1H3. The van der Waals surface area contributed by atoms with Gasteiger partial charge in [-0.25, -0.2) is 14.1 Å². The van der Waals surface area contributed by atoms with Crippen LogP contribution in [0.15, 0.2) is 35.8 Å². The predicted octanol–water partition coefficient (Wildman–Crippen LogP) is 3.76. The largest absolute Gasteiger partial charge is 0.434 e. The van der Waals surface area contributed by atoms with E-state index in [-0.39, 0.29) is 18.8 Å². The number of halogens is 4. The van der Waals surface area contributed by atoms with Crippen molar-refractivity contribution in [2.75, 3.05) is 31.1 Å². The number of aryl methyl sites for hydroxylation is 1. The van der Waals surface area contributed by atoms with E-state index in [2.05, 4.69) is 10.1 Å². The molecule has 0 saturated carbocycles. The number of carbonyl (C=O) groups excluding carboxylic acids is 1. The predicted molar refractivity (Wildman–Crippen MR) is 103 cm³/mol. The van der Waals surface area contributed by atoms with E-state index in [1.54, 1.807) is 0 Å². The summed E-state index contributed by atoms with van der Waals surface area (Å²) in [4.78, 5) is 20.6. The number of hydrogen-bond donors (Lipinski definition) is 0. The first-order chi connectivity index (χ1) is 14.3. The number of nitrogens with zero attached hydrogens (tertiary/aromatic N) is 5. The molecule has 158 valence electrons. The van der Waals surface area contributed by atoms with Crippen LogP contribution in [0.5, 0.6) is 0 Å². The lowest BCUT2D eigenvalue weighted by Gasteiger charge is -2.34. The highest BCUT2D eigenvalue weighted by Gasteiger charge is 2.42. The van der Waals surface area contributed by atoms with Gasteiger partial charge in [-0.15, -0.1) is 11.3 Å². The van der Waals surface area contributed by atoms with Gasteiger partial charge in [0.2, 0.25) is 0 Å². The molecule has 1 saturated heterocycles. The van der Waals surface area contributed by atoms with Crippen molar-refractivity contribution < 1.29 is 22.4 Å². The van der Waals surface area contributed by atoms with Crippen molar-refractivity contribution in [3.8, 4) is 5.69 Å². The molecule has 0 unspecified atom stereocenters. The third kappa shape index (κ3) is 3.76. The van der Waals surface area contributed by atoms with Crippen molar-refractivity contribution in [3.05, 3.63) is 58.6 Å². The number of amides is 1. The molecule has 0 atom stereocenters. The highest BCUT2D eigenvalue weighted by Crippen LogP contribution is 2.35. The maximum absolute atomic E-state index is 14.1. The van der Waals surface area contributed by atoms with Gasteiger partial charge in [-0.2, -0.15) is 18.3 Å². The number of benzene rings is 1. The van der Waals surface area contributed by atoms with Gasteiger partial charge in [-0.3, -0.25) is 4.79 Å². The van der Waals surface area contributed by atoms with E-state index in [1.165, 1.54) is 34.4 Å². The zero-order valence-corrected chi connectivity index (χ0v) is 16.7. The Kier molecular flexibility index (Phi) is 5.22. The van der Waals surface area contributed by atoms with Crippen LogP contribution in [-0.2, 0) is 6.18 Å². The fourth-order valence-corrected chi connectivity index (χ4v) is 4.20. The SMILES string of the molecule is Cc1csc(N2CCN(C(=O)c3cnn(-c4ccccc4F)c3C(F)(F)F)CC2)n1. The molecule has 1 aliphatic rings. The van der Waals surface area contributed by atoms with Gasteiger partial charge in [0.15, 0.2) is 10.8 Å². The molecule has 2 aromatic heterocycles. The number of piperazine rings is 1. The van der Waals surface area contributed by atoms with Crippen LogP contribution < -0.4 is 4.90 Å². The average molecular weight is 439 g/mol. The van der Waals surface area contributed by atoms with Gasteiger partial charge in [0.1, 0.15) is 11.5 Å². The Bertz CT molecular complexity index is 1070. The number of alkyl halides is 3. The maximum atomic E-state index is 14.1. The van der Waals surface area contributed by atoms with E-state index in [0.29, 0.717) is 17.8 Å². The van der Waals surface area contributed by atoms with Crippen molar-refractivity contribution in [2.24, 2.45) is 0 Å². The van der Waals surface area contributed by atoms with Gasteiger partial charge < -0.3 is 9.80 Å². The van der Waals surface area contributed by atoms with E-state index in [1.807, 2.05) is 17.2 Å². The zero-order valence-electron chi connectivity index (χ0n) is 15.9. The van der Waals surface area contributed by atoms with Crippen LogP contribution in [0.4, 0.5) is 22.7 Å². The monoisotopic (exact) mass is 439 g/mol. The topological polar surface area (TPSA) is 54.3 Å². The minimum absolute atomic E-state index is 0.250. The molecule has 6 nitrogen and oxygen atoms in total. The van der Waals surface area contributed by atoms with Gasteiger partial charge in [-0.05, 0) is 19.1 Å². The fourth-order valence-electron chi connectivity index (χ4n) is 3.34. The summed E-state index contributed by atoms with van der Waals surface area (Å²) in [6.07, 6.45) is -4.03. The minimum atomic E-state index is -4.88. The van der Waals surface area contributed by atoms with Crippen LogP contribution in [0.25, 0.3) is 5.69 Å². The lowest BCUT2D eigenvalue weighted by atomic mass is 10.2. The molecule has 0 spiro atoms. The molecule has 1 aliphatic heterocycles. The van der Waals surface area contributed by atoms with Crippen LogP contribution in [-0.4, -0.2) is 51.8 Å². The smallest absolute Gasteiger partial charge is 0.345 e. The number of aromatic nitrogens is 3. The quantitative estimate of drug-likeness (QED) is 0.584. The summed E-state index contributed by atoms with van der Waals surface area (Å²) >= 11 is 1.48. The molecular formula is C19H17F4N5OS. The Morgan fingerprint density at radius 2 is 1.83 bits per heavy atom. The average Bonchev–Trinajstić information content (AvgIpc) is 3.34. The molecular weight excluding hydrogens is 422 g/mol. The summed E-state index contributed by atoms with van der Waals surface area (Å²) in [5, 5.41) is 6.42. The molecule has 1 amide bonds. The highest BCUT2D eigenvalue weighted by molar-refractivity contribution is 7.13. The van der Waals surface area contributed by atoms with Crippen molar-refractivity contribution in [1.82, 2.24) is 19.7 Å². The zero-order chi connectivity index (χ0) is 21.5. The molecule has 0 bridgehead atoms. The molecule has 3 aromatic rings. The van der Waals surface area contributed by atoms with Crippen molar-refractivity contribution in [3.63, 3.8) is 0 Å². The second kappa shape index (κ2) is 7.71. The molecule has 0 N–H and O–H groups in total. The molecule has 0 radical (unpaired) electrons. The van der Waals surface area contributed by atoms with Crippen molar-refractivity contribution >= 4 is 22.4 Å². The third-order valence-electron chi connectivity index (χ3n) is 4.79. The summed E-state index contributed by atoms with van der Waals surface area (Å²) in [6.45, 7) is 3.30. The lowest BCUT2D eigenvalue weighted by molar-refractivity contribution is -0.143. The summed E-state index contributed by atoms with van der Waals surface area (Å²) in [5.41, 5.74) is -1.35. The Hall–Kier alpha value is -2.95. The minimum Gasteiger partial charge on any atom is -0.345 e. The third-order valence-corrected chi connectivity index (χ3v) is 5.81. The Morgan fingerprint density at radius 1 is 1.13 bits per heavy atom. The van der Waals surface area contributed by atoms with Gasteiger partial charge in [0, 0.05) is 31.6 Å². The highest BCUT2D eigenvalue weighted by atomic mass is 32.1. The van der Waals surface area contributed by atoms with Gasteiger partial charge >= 0.3 is 6.18 Å². The second-order valence-corrected chi connectivity index (χ2v) is 7.66. The number of para-hydroxylation sites is 1. The molecule has 3 heterocycles. The molecule has 11 heteroatoms. The Morgan fingerprint density at radius 3 is 2.43 bits per heavy atom. The first-order valence-electron chi connectivity index (χ1n) is 9.12. The molecule has 1 aromatic carbocycles. The summed E-state index contributed by atoms with van der Waals surface area (Å²) in [7, 11) is 0. The number of rotatable bonds is 3. The van der Waals surface area contributed by atoms with Crippen molar-refractivity contribution in [2.45, 2.75) is 13.1 Å². The second-order valence-electron chi connectivity index (χ2n) is 6.82. The van der Waals surface area contributed by atoms with Crippen molar-refractivity contribution in [1.29, 1.82) is 0 Å². The van der Waals surface area contributed by atoms with Crippen LogP contribution in [0, 0.1) is 12.7 Å². The molecule has 0 aliphatic carbocycles. The van der Waals surface area contributed by atoms with E-state index >= 15 is 0 Å². The summed E-state index contributed by atoms with van der Waals surface area (Å²) in [5.74, 6) is -1.64. The normalized spacial score (nSPS) is 15.0. The molecule has 4 rings (SSSR count). The Balaban J connectivity index is 1.60. The number of hydrogen-bond acceptors (Lipinski definition) is 5.